The molecular weight excluding hydrogens is 252 g/mol. The molecule has 0 aliphatic carbocycles. The number of pyridine rings is 1. The number of carboxylic acid groups (broad SMARTS) is 1. The summed E-state index contributed by atoms with van der Waals surface area (Å²) in [5.41, 5.74) is 3.69. The molecule has 1 aromatic heterocycles. The lowest BCUT2D eigenvalue weighted by molar-refractivity contribution is -0.138. The summed E-state index contributed by atoms with van der Waals surface area (Å²) in [5.74, 6) is -0.838. The Labute approximate surface area is 116 Å². The van der Waals surface area contributed by atoms with Crippen molar-refractivity contribution in [2.24, 2.45) is 0 Å². The van der Waals surface area contributed by atoms with Crippen LogP contribution in [0, 0.1) is 0 Å². The molecule has 20 heavy (non-hydrogen) atoms. The lowest BCUT2D eigenvalue weighted by Crippen LogP contribution is -2.28. The normalized spacial score (nSPS) is 17.4. The summed E-state index contributed by atoms with van der Waals surface area (Å²) in [6.45, 7) is 0. The summed E-state index contributed by atoms with van der Waals surface area (Å²) in [7, 11) is 0. The molecule has 0 saturated carbocycles. The van der Waals surface area contributed by atoms with E-state index in [0.717, 1.165) is 22.5 Å². The zero-order valence-corrected chi connectivity index (χ0v) is 10.8. The van der Waals surface area contributed by atoms with Crippen LogP contribution in [0.4, 0.5) is 0 Å². The Balaban J connectivity index is 1.88. The van der Waals surface area contributed by atoms with Gasteiger partial charge in [-0.15, -0.1) is 0 Å². The molecule has 0 bridgehead atoms. The SMILES string of the molecule is O=C(O)C1CC(c2cccc(-c3ccccc3)n2)=CN1. The van der Waals surface area contributed by atoms with Crippen LogP contribution in [0.15, 0.2) is 54.7 Å². The van der Waals surface area contributed by atoms with Crippen LogP contribution in [0.2, 0.25) is 0 Å². The van der Waals surface area contributed by atoms with Crippen LogP contribution in [-0.2, 0) is 4.79 Å². The monoisotopic (exact) mass is 266 g/mol. The molecule has 1 unspecified atom stereocenters. The van der Waals surface area contributed by atoms with Crippen molar-refractivity contribution in [1.82, 2.24) is 10.3 Å². The van der Waals surface area contributed by atoms with Crippen LogP contribution in [0.25, 0.3) is 16.8 Å². The van der Waals surface area contributed by atoms with Crippen LogP contribution in [0.5, 0.6) is 0 Å². The number of hydrogen-bond donors (Lipinski definition) is 2. The van der Waals surface area contributed by atoms with Gasteiger partial charge in [-0.1, -0.05) is 36.4 Å². The summed E-state index contributed by atoms with van der Waals surface area (Å²) in [6.07, 6.45) is 2.20. The fourth-order valence-electron chi connectivity index (χ4n) is 2.26. The van der Waals surface area contributed by atoms with Crippen LogP contribution in [-0.4, -0.2) is 22.1 Å². The average Bonchev–Trinajstić information content (AvgIpc) is 2.98. The molecule has 1 atom stereocenters. The van der Waals surface area contributed by atoms with Gasteiger partial charge in [0.25, 0.3) is 0 Å². The highest BCUT2D eigenvalue weighted by Crippen LogP contribution is 2.25. The predicted octanol–water partition coefficient (Wildman–Crippen LogP) is 2.54. The first kappa shape index (κ1) is 12.4. The zero-order valence-electron chi connectivity index (χ0n) is 10.8. The van der Waals surface area contributed by atoms with Gasteiger partial charge in [-0.3, -0.25) is 0 Å². The van der Waals surface area contributed by atoms with Crippen molar-refractivity contribution in [3.8, 4) is 11.3 Å². The molecule has 2 aromatic rings. The maximum Gasteiger partial charge on any atom is 0.326 e. The molecule has 1 aliphatic rings. The molecule has 3 rings (SSSR count). The molecule has 0 amide bonds. The third kappa shape index (κ3) is 2.40. The van der Waals surface area contributed by atoms with Gasteiger partial charge in [0.1, 0.15) is 6.04 Å². The van der Waals surface area contributed by atoms with Crippen molar-refractivity contribution < 1.29 is 9.90 Å². The molecule has 0 spiro atoms. The molecule has 2 N–H and O–H groups in total. The number of nitrogens with zero attached hydrogens (tertiary/aromatic N) is 1. The van der Waals surface area contributed by atoms with E-state index in [0.29, 0.717) is 6.42 Å². The van der Waals surface area contributed by atoms with Crippen LogP contribution < -0.4 is 5.32 Å². The van der Waals surface area contributed by atoms with Gasteiger partial charge < -0.3 is 10.4 Å². The van der Waals surface area contributed by atoms with Gasteiger partial charge in [-0.2, -0.15) is 0 Å². The Kier molecular flexibility index (Phi) is 3.21. The van der Waals surface area contributed by atoms with Gasteiger partial charge in [0, 0.05) is 18.2 Å². The highest BCUT2D eigenvalue weighted by atomic mass is 16.4. The van der Waals surface area contributed by atoms with E-state index in [4.69, 9.17) is 5.11 Å². The first-order valence-electron chi connectivity index (χ1n) is 6.45. The molecule has 2 heterocycles. The molecule has 1 aliphatic heterocycles. The van der Waals surface area contributed by atoms with Crippen molar-refractivity contribution in [2.45, 2.75) is 12.5 Å². The van der Waals surface area contributed by atoms with E-state index < -0.39 is 12.0 Å². The third-order valence-electron chi connectivity index (χ3n) is 3.33. The average molecular weight is 266 g/mol. The van der Waals surface area contributed by atoms with E-state index in [1.807, 2.05) is 48.5 Å². The topological polar surface area (TPSA) is 62.2 Å². The molecule has 4 nitrogen and oxygen atoms in total. The minimum atomic E-state index is -0.838. The number of hydrogen-bond acceptors (Lipinski definition) is 3. The molecule has 0 fully saturated rings. The Morgan fingerprint density at radius 3 is 2.55 bits per heavy atom. The number of nitrogens with one attached hydrogen (secondary N) is 1. The van der Waals surface area contributed by atoms with E-state index in [2.05, 4.69) is 10.3 Å². The highest BCUT2D eigenvalue weighted by molar-refractivity contribution is 5.80. The maximum atomic E-state index is 11.0. The second-order valence-corrected chi connectivity index (χ2v) is 4.71. The highest BCUT2D eigenvalue weighted by Gasteiger charge is 2.24. The molecule has 4 heteroatoms. The van der Waals surface area contributed by atoms with E-state index in [1.165, 1.54) is 0 Å². The zero-order chi connectivity index (χ0) is 13.9. The van der Waals surface area contributed by atoms with Gasteiger partial charge in [0.05, 0.1) is 11.4 Å². The molecular formula is C16H14N2O2. The number of aliphatic carboxylic acids is 1. The minimum Gasteiger partial charge on any atom is -0.480 e. The number of benzene rings is 1. The van der Waals surface area contributed by atoms with Crippen LogP contribution >= 0.6 is 0 Å². The van der Waals surface area contributed by atoms with E-state index >= 15 is 0 Å². The second kappa shape index (κ2) is 5.17. The fourth-order valence-corrected chi connectivity index (χ4v) is 2.26. The van der Waals surface area contributed by atoms with Gasteiger partial charge in [-0.05, 0) is 17.7 Å². The van der Waals surface area contributed by atoms with Crippen molar-refractivity contribution in [1.29, 1.82) is 0 Å². The Hall–Kier alpha value is -2.62. The van der Waals surface area contributed by atoms with Crippen molar-refractivity contribution in [3.05, 3.63) is 60.4 Å². The lowest BCUT2D eigenvalue weighted by Gasteiger charge is -2.06. The molecule has 1 aromatic carbocycles. The minimum absolute atomic E-state index is 0.459. The van der Waals surface area contributed by atoms with Crippen molar-refractivity contribution in [2.75, 3.05) is 0 Å². The number of aromatic nitrogens is 1. The quantitative estimate of drug-likeness (QED) is 0.896. The molecule has 0 radical (unpaired) electrons. The third-order valence-corrected chi connectivity index (χ3v) is 3.33. The van der Waals surface area contributed by atoms with Crippen molar-refractivity contribution >= 4 is 11.5 Å². The van der Waals surface area contributed by atoms with Crippen molar-refractivity contribution in [3.63, 3.8) is 0 Å². The van der Waals surface area contributed by atoms with Gasteiger partial charge in [0.2, 0.25) is 0 Å². The number of carboxylic acids is 1. The first-order valence-corrected chi connectivity index (χ1v) is 6.45. The number of carbonyl (C=O) groups is 1. The fraction of sp³-hybridized carbons (Fsp3) is 0.125. The Morgan fingerprint density at radius 2 is 1.85 bits per heavy atom. The van der Waals surface area contributed by atoms with Crippen LogP contribution in [0.1, 0.15) is 12.1 Å². The van der Waals surface area contributed by atoms with Gasteiger partial charge >= 0.3 is 5.97 Å². The summed E-state index contributed by atoms with van der Waals surface area (Å²) in [5, 5.41) is 11.9. The second-order valence-electron chi connectivity index (χ2n) is 4.71. The standard InChI is InChI=1S/C16H14N2O2/c19-16(20)15-9-12(10-17-15)14-8-4-7-13(18-14)11-5-2-1-3-6-11/h1-8,10,15,17H,9H2,(H,19,20). The van der Waals surface area contributed by atoms with Gasteiger partial charge in [-0.25, -0.2) is 9.78 Å². The summed E-state index contributed by atoms with van der Waals surface area (Å²) in [6, 6.07) is 15.2. The maximum absolute atomic E-state index is 11.0. The number of rotatable bonds is 3. The molecule has 0 saturated heterocycles. The lowest BCUT2D eigenvalue weighted by atomic mass is 10.1. The Bertz CT molecular complexity index is 665. The van der Waals surface area contributed by atoms with Crippen LogP contribution in [0.3, 0.4) is 0 Å². The van der Waals surface area contributed by atoms with E-state index in [1.54, 1.807) is 6.20 Å². The smallest absolute Gasteiger partial charge is 0.326 e. The van der Waals surface area contributed by atoms with Gasteiger partial charge in [0.15, 0.2) is 0 Å². The first-order chi connectivity index (χ1) is 9.74. The summed E-state index contributed by atoms with van der Waals surface area (Å²) >= 11 is 0. The van der Waals surface area contributed by atoms with E-state index in [9.17, 15) is 4.79 Å². The molecule has 100 valence electrons. The summed E-state index contributed by atoms with van der Waals surface area (Å²) < 4.78 is 0. The summed E-state index contributed by atoms with van der Waals surface area (Å²) in [4.78, 5) is 15.6. The largest absolute Gasteiger partial charge is 0.480 e. The predicted molar refractivity (Wildman–Crippen MR) is 76.8 cm³/mol. The Morgan fingerprint density at radius 1 is 1.10 bits per heavy atom. The van der Waals surface area contributed by atoms with E-state index in [-0.39, 0.29) is 0 Å².